The molecule has 3 nitrogen and oxygen atoms in total. The summed E-state index contributed by atoms with van der Waals surface area (Å²) in [4.78, 5) is 11.9. The van der Waals surface area contributed by atoms with Crippen LogP contribution in [-0.2, 0) is 11.2 Å². The van der Waals surface area contributed by atoms with Gasteiger partial charge in [-0.15, -0.1) is 0 Å². The first-order valence-corrected chi connectivity index (χ1v) is 6.82. The average molecular weight is 265 g/mol. The molecule has 1 aliphatic rings. The molecular weight excluding hydrogens is 245 g/mol. The minimum atomic E-state index is -0.286. The Bertz CT molecular complexity index is 411. The third kappa shape index (κ3) is 4.31. The molecule has 1 aromatic rings. The molecule has 19 heavy (non-hydrogen) atoms. The molecule has 104 valence electrons. The number of amides is 1. The van der Waals surface area contributed by atoms with Gasteiger partial charge in [0.05, 0.1) is 6.42 Å². The van der Waals surface area contributed by atoms with Crippen molar-refractivity contribution < 1.29 is 14.3 Å². The summed E-state index contributed by atoms with van der Waals surface area (Å²) < 4.78 is 12.7. The molecule has 0 heterocycles. The third-order valence-corrected chi connectivity index (χ3v) is 3.75. The Morgan fingerprint density at radius 3 is 2.42 bits per heavy atom. The Hall–Kier alpha value is -1.42. The van der Waals surface area contributed by atoms with E-state index in [1.807, 2.05) is 0 Å². The lowest BCUT2D eigenvalue weighted by atomic mass is 9.86. The van der Waals surface area contributed by atoms with Gasteiger partial charge in [0.25, 0.3) is 0 Å². The highest BCUT2D eigenvalue weighted by atomic mass is 19.1. The van der Waals surface area contributed by atoms with Gasteiger partial charge >= 0.3 is 0 Å². The molecule has 4 heteroatoms. The second-order valence-electron chi connectivity index (χ2n) is 5.27. The lowest BCUT2D eigenvalue weighted by Crippen LogP contribution is -2.38. The van der Waals surface area contributed by atoms with Gasteiger partial charge in [0.2, 0.25) is 5.91 Å². The summed E-state index contributed by atoms with van der Waals surface area (Å²) in [6, 6.07) is 6.23. The van der Waals surface area contributed by atoms with Crippen molar-refractivity contribution >= 4 is 5.91 Å². The van der Waals surface area contributed by atoms with Gasteiger partial charge in [0, 0.05) is 12.6 Å². The molecule has 0 aromatic heterocycles. The van der Waals surface area contributed by atoms with Gasteiger partial charge in [0.15, 0.2) is 0 Å². The lowest BCUT2D eigenvalue weighted by Gasteiger charge is -2.27. The van der Waals surface area contributed by atoms with Gasteiger partial charge < -0.3 is 10.4 Å². The van der Waals surface area contributed by atoms with Crippen molar-refractivity contribution in [1.29, 1.82) is 0 Å². The van der Waals surface area contributed by atoms with E-state index in [1.165, 1.54) is 12.1 Å². The van der Waals surface area contributed by atoms with E-state index >= 15 is 0 Å². The van der Waals surface area contributed by atoms with Crippen molar-refractivity contribution in [3.05, 3.63) is 35.6 Å². The highest BCUT2D eigenvalue weighted by Crippen LogP contribution is 2.23. The predicted molar refractivity (Wildman–Crippen MR) is 71.1 cm³/mol. The molecule has 0 saturated heterocycles. The molecule has 0 spiro atoms. The van der Waals surface area contributed by atoms with Crippen molar-refractivity contribution in [2.75, 3.05) is 6.61 Å². The van der Waals surface area contributed by atoms with E-state index < -0.39 is 0 Å². The summed E-state index contributed by atoms with van der Waals surface area (Å²) in [5.41, 5.74) is 0.822. The first-order valence-electron chi connectivity index (χ1n) is 6.82. The summed E-state index contributed by atoms with van der Waals surface area (Å²) in [7, 11) is 0. The molecule has 2 rings (SSSR count). The highest BCUT2D eigenvalue weighted by molar-refractivity contribution is 5.78. The Labute approximate surface area is 112 Å². The van der Waals surface area contributed by atoms with Gasteiger partial charge in [-0.2, -0.15) is 0 Å². The second-order valence-corrected chi connectivity index (χ2v) is 5.27. The van der Waals surface area contributed by atoms with Gasteiger partial charge in [0.1, 0.15) is 5.82 Å². The molecule has 1 saturated carbocycles. The molecule has 1 fully saturated rings. The number of carbonyl (C=O) groups excluding carboxylic acids is 1. The minimum absolute atomic E-state index is 0.0148. The van der Waals surface area contributed by atoms with Crippen LogP contribution in [0, 0.1) is 11.7 Å². The van der Waals surface area contributed by atoms with Crippen LogP contribution in [0.2, 0.25) is 0 Å². The fourth-order valence-corrected chi connectivity index (χ4v) is 2.56. The van der Waals surface area contributed by atoms with Gasteiger partial charge in [-0.05, 0) is 49.3 Å². The Morgan fingerprint density at radius 2 is 1.84 bits per heavy atom. The van der Waals surface area contributed by atoms with E-state index in [4.69, 9.17) is 5.11 Å². The highest BCUT2D eigenvalue weighted by Gasteiger charge is 2.21. The molecular formula is C15H20FNO2. The van der Waals surface area contributed by atoms with E-state index in [-0.39, 0.29) is 24.4 Å². The normalized spacial score (nSPS) is 23.1. The van der Waals surface area contributed by atoms with E-state index in [1.54, 1.807) is 12.1 Å². The maximum Gasteiger partial charge on any atom is 0.224 e. The van der Waals surface area contributed by atoms with Crippen LogP contribution in [0.3, 0.4) is 0 Å². The molecule has 2 N–H and O–H groups in total. The molecule has 0 unspecified atom stereocenters. The van der Waals surface area contributed by atoms with E-state index in [2.05, 4.69) is 5.32 Å². The van der Waals surface area contributed by atoms with Crippen LogP contribution in [0.4, 0.5) is 4.39 Å². The first kappa shape index (κ1) is 14.0. The largest absolute Gasteiger partial charge is 0.396 e. The number of hydrogen-bond donors (Lipinski definition) is 2. The zero-order valence-corrected chi connectivity index (χ0v) is 10.9. The van der Waals surface area contributed by atoms with E-state index in [0.717, 1.165) is 31.2 Å². The van der Waals surface area contributed by atoms with E-state index in [0.29, 0.717) is 12.3 Å². The fraction of sp³-hybridized carbons (Fsp3) is 0.533. The molecule has 1 aliphatic carbocycles. The maximum atomic E-state index is 12.7. The molecule has 1 amide bonds. The number of nitrogens with one attached hydrogen (secondary N) is 1. The minimum Gasteiger partial charge on any atom is -0.396 e. The summed E-state index contributed by atoms with van der Waals surface area (Å²) in [5.74, 6) is 0.0933. The number of halogens is 1. The van der Waals surface area contributed by atoms with Crippen LogP contribution in [-0.4, -0.2) is 23.7 Å². The first-order chi connectivity index (χ1) is 9.17. The van der Waals surface area contributed by atoms with Crippen LogP contribution in [0.5, 0.6) is 0 Å². The molecule has 0 bridgehead atoms. The SMILES string of the molecule is O=C(Cc1ccc(F)cc1)NC1CCC(CO)CC1. The van der Waals surface area contributed by atoms with Crippen molar-refractivity contribution in [3.63, 3.8) is 0 Å². The van der Waals surface area contributed by atoms with Gasteiger partial charge in [-0.3, -0.25) is 4.79 Å². The molecule has 0 atom stereocenters. The smallest absolute Gasteiger partial charge is 0.224 e. The number of benzene rings is 1. The summed E-state index contributed by atoms with van der Waals surface area (Å²) in [6.45, 7) is 0.246. The van der Waals surface area contributed by atoms with Crippen LogP contribution in [0.15, 0.2) is 24.3 Å². The van der Waals surface area contributed by atoms with Crippen molar-refractivity contribution in [1.82, 2.24) is 5.32 Å². The Kier molecular flexibility index (Phi) is 4.91. The quantitative estimate of drug-likeness (QED) is 0.875. The van der Waals surface area contributed by atoms with Crippen LogP contribution in [0.25, 0.3) is 0 Å². The fourth-order valence-electron chi connectivity index (χ4n) is 2.56. The average Bonchev–Trinajstić information content (AvgIpc) is 2.42. The standard InChI is InChI=1S/C15H20FNO2/c16-13-5-1-11(2-6-13)9-15(19)17-14-7-3-12(10-18)4-8-14/h1-2,5-6,12,14,18H,3-4,7-10H2,(H,17,19). The zero-order valence-electron chi connectivity index (χ0n) is 10.9. The van der Waals surface area contributed by atoms with Crippen molar-refractivity contribution in [2.24, 2.45) is 5.92 Å². The molecule has 0 radical (unpaired) electrons. The molecule has 0 aliphatic heterocycles. The van der Waals surface area contributed by atoms with Crippen molar-refractivity contribution in [2.45, 2.75) is 38.1 Å². The maximum absolute atomic E-state index is 12.7. The molecule has 1 aromatic carbocycles. The predicted octanol–water partition coefficient (Wildman–Crippen LogP) is 2.04. The number of carbonyl (C=O) groups is 1. The van der Waals surface area contributed by atoms with Gasteiger partial charge in [-0.1, -0.05) is 12.1 Å². The second kappa shape index (κ2) is 6.66. The zero-order chi connectivity index (χ0) is 13.7. The van der Waals surface area contributed by atoms with Crippen LogP contribution < -0.4 is 5.32 Å². The number of hydrogen-bond acceptors (Lipinski definition) is 2. The summed E-state index contributed by atoms with van der Waals surface area (Å²) in [6.07, 6.45) is 4.09. The number of aliphatic hydroxyl groups is 1. The topological polar surface area (TPSA) is 49.3 Å². The van der Waals surface area contributed by atoms with Gasteiger partial charge in [-0.25, -0.2) is 4.39 Å². The van der Waals surface area contributed by atoms with Crippen molar-refractivity contribution in [3.8, 4) is 0 Å². The summed E-state index contributed by atoms with van der Waals surface area (Å²) in [5, 5.41) is 12.1. The third-order valence-electron chi connectivity index (χ3n) is 3.75. The van der Waals surface area contributed by atoms with Crippen LogP contribution >= 0.6 is 0 Å². The summed E-state index contributed by atoms with van der Waals surface area (Å²) >= 11 is 0. The Morgan fingerprint density at radius 1 is 1.21 bits per heavy atom. The monoisotopic (exact) mass is 265 g/mol. The van der Waals surface area contributed by atoms with E-state index in [9.17, 15) is 9.18 Å². The number of rotatable bonds is 4. The lowest BCUT2D eigenvalue weighted by molar-refractivity contribution is -0.121. The Balaban J connectivity index is 1.77. The number of aliphatic hydroxyl groups excluding tert-OH is 1. The van der Waals surface area contributed by atoms with Crippen LogP contribution in [0.1, 0.15) is 31.2 Å².